The molecular weight excluding hydrogens is 526 g/mol. The maximum absolute atomic E-state index is 12.6. The molecule has 2 heterocycles. The van der Waals surface area contributed by atoms with E-state index in [1.807, 2.05) is 19.9 Å². The van der Waals surface area contributed by atoms with Gasteiger partial charge in [-0.15, -0.1) is 24.0 Å². The fraction of sp³-hybridized carbons (Fsp3) is 0.471. The number of rotatable bonds is 7. The van der Waals surface area contributed by atoms with Crippen molar-refractivity contribution in [3.8, 4) is 5.88 Å². The van der Waals surface area contributed by atoms with Gasteiger partial charge in [0.15, 0.2) is 11.7 Å². The normalized spacial score (nSPS) is 11.9. The Balaban J connectivity index is 0.00000420. The van der Waals surface area contributed by atoms with Gasteiger partial charge in [-0.1, -0.05) is 30.6 Å². The Morgan fingerprint density at radius 3 is 2.59 bits per heavy atom. The summed E-state index contributed by atoms with van der Waals surface area (Å²) in [6.07, 6.45) is -3.83. The van der Waals surface area contributed by atoms with Crippen LogP contribution in [0.1, 0.15) is 36.8 Å². The van der Waals surface area contributed by atoms with E-state index in [9.17, 15) is 13.2 Å². The van der Waals surface area contributed by atoms with Crippen molar-refractivity contribution in [2.24, 2.45) is 4.99 Å². The number of ether oxygens (including phenoxy) is 1. The summed E-state index contributed by atoms with van der Waals surface area (Å²) in [6.45, 7) is 4.89. The fourth-order valence-electron chi connectivity index (χ4n) is 2.08. The zero-order valence-electron chi connectivity index (χ0n) is 16.0. The fourth-order valence-corrected chi connectivity index (χ4v) is 2.30. The first-order chi connectivity index (χ1) is 13.2. The lowest BCUT2D eigenvalue weighted by Crippen LogP contribution is -2.38. The predicted molar refractivity (Wildman–Crippen MR) is 114 cm³/mol. The topological polar surface area (TPSA) is 84.6 Å². The number of alkyl halides is 3. The molecule has 2 aromatic rings. The van der Waals surface area contributed by atoms with E-state index in [1.165, 1.54) is 0 Å². The Bertz CT molecular complexity index is 815. The van der Waals surface area contributed by atoms with Gasteiger partial charge in [0, 0.05) is 19.3 Å². The summed E-state index contributed by atoms with van der Waals surface area (Å²) in [6, 6.07) is 2.65. The molecule has 0 aliphatic heterocycles. The number of nitrogens with zero attached hydrogens (tertiary/aromatic N) is 3. The van der Waals surface area contributed by atoms with E-state index in [2.05, 4.69) is 25.8 Å². The Morgan fingerprint density at radius 1 is 1.31 bits per heavy atom. The second-order valence-electron chi connectivity index (χ2n) is 6.08. The van der Waals surface area contributed by atoms with E-state index in [0.29, 0.717) is 31.0 Å². The molecule has 0 saturated heterocycles. The molecule has 0 aliphatic rings. The van der Waals surface area contributed by atoms with E-state index in [1.54, 1.807) is 7.05 Å². The summed E-state index contributed by atoms with van der Waals surface area (Å²) in [7, 11) is 1.60. The largest absolute Gasteiger partial charge is 0.475 e. The number of aromatic nitrogens is 2. The molecular formula is C17H22ClF3IN5O2. The van der Waals surface area contributed by atoms with Gasteiger partial charge < -0.3 is 19.9 Å². The number of guanidine groups is 1. The van der Waals surface area contributed by atoms with Crippen LogP contribution in [0.15, 0.2) is 27.8 Å². The van der Waals surface area contributed by atoms with Crippen LogP contribution in [0.2, 0.25) is 5.02 Å². The Hall–Kier alpha value is -1.76. The maximum atomic E-state index is 12.6. The summed E-state index contributed by atoms with van der Waals surface area (Å²) < 4.78 is 48.3. The van der Waals surface area contributed by atoms with Crippen molar-refractivity contribution in [3.05, 3.63) is 40.4 Å². The SMILES string of the molecule is CN=C(NCCOc1ncc(C(F)(F)F)cc1Cl)NCc1cc(C(C)C)no1.I. The van der Waals surface area contributed by atoms with Gasteiger partial charge in [0.25, 0.3) is 0 Å². The van der Waals surface area contributed by atoms with Crippen LogP contribution >= 0.6 is 35.6 Å². The predicted octanol–water partition coefficient (Wildman–Crippen LogP) is 4.23. The highest BCUT2D eigenvalue weighted by Crippen LogP contribution is 2.32. The minimum atomic E-state index is -4.51. The van der Waals surface area contributed by atoms with Crippen molar-refractivity contribution in [3.63, 3.8) is 0 Å². The highest BCUT2D eigenvalue weighted by molar-refractivity contribution is 14.0. The third-order valence-corrected chi connectivity index (χ3v) is 3.86. The lowest BCUT2D eigenvalue weighted by atomic mass is 10.1. The van der Waals surface area contributed by atoms with Crippen LogP contribution in [0.3, 0.4) is 0 Å². The van der Waals surface area contributed by atoms with Crippen LogP contribution < -0.4 is 15.4 Å². The average Bonchev–Trinajstić information content (AvgIpc) is 3.10. The zero-order valence-corrected chi connectivity index (χ0v) is 19.1. The van der Waals surface area contributed by atoms with Gasteiger partial charge in [-0.05, 0) is 12.0 Å². The quantitative estimate of drug-likeness (QED) is 0.234. The number of halogens is 5. The summed E-state index contributed by atoms with van der Waals surface area (Å²) in [5.74, 6) is 1.38. The van der Waals surface area contributed by atoms with E-state index in [0.717, 1.165) is 11.8 Å². The highest BCUT2D eigenvalue weighted by atomic mass is 127. The van der Waals surface area contributed by atoms with Gasteiger partial charge in [-0.3, -0.25) is 4.99 Å². The molecule has 7 nitrogen and oxygen atoms in total. The smallest absolute Gasteiger partial charge is 0.417 e. The number of hydrogen-bond acceptors (Lipinski definition) is 5. The van der Waals surface area contributed by atoms with Crippen molar-refractivity contribution >= 4 is 41.5 Å². The lowest BCUT2D eigenvalue weighted by Gasteiger charge is -2.12. The van der Waals surface area contributed by atoms with Gasteiger partial charge in [0.2, 0.25) is 5.88 Å². The molecule has 2 rings (SSSR count). The van der Waals surface area contributed by atoms with Crippen molar-refractivity contribution in [1.29, 1.82) is 0 Å². The minimum Gasteiger partial charge on any atom is -0.475 e. The molecule has 2 N–H and O–H groups in total. The molecule has 0 aromatic carbocycles. The molecule has 162 valence electrons. The van der Waals surface area contributed by atoms with Crippen molar-refractivity contribution in [2.75, 3.05) is 20.2 Å². The first kappa shape index (κ1) is 25.3. The van der Waals surface area contributed by atoms with Crippen LogP contribution in [0.5, 0.6) is 5.88 Å². The highest BCUT2D eigenvalue weighted by Gasteiger charge is 2.31. The van der Waals surface area contributed by atoms with E-state index < -0.39 is 11.7 Å². The number of aliphatic imine (C=N–C) groups is 1. The summed E-state index contributed by atoms with van der Waals surface area (Å²) >= 11 is 5.79. The Labute approximate surface area is 188 Å². The maximum Gasteiger partial charge on any atom is 0.417 e. The zero-order chi connectivity index (χ0) is 20.7. The van der Waals surface area contributed by atoms with Crippen LogP contribution in [-0.2, 0) is 12.7 Å². The van der Waals surface area contributed by atoms with Crippen LogP contribution in [-0.4, -0.2) is 36.3 Å². The van der Waals surface area contributed by atoms with Crippen LogP contribution in [0, 0.1) is 0 Å². The first-order valence-corrected chi connectivity index (χ1v) is 8.84. The average molecular weight is 548 g/mol. The number of pyridine rings is 1. The molecule has 0 bridgehead atoms. The lowest BCUT2D eigenvalue weighted by molar-refractivity contribution is -0.137. The molecule has 0 saturated carbocycles. The molecule has 0 fully saturated rings. The standard InChI is InChI=1S/C17H21ClF3N5O2.HI/c1-10(2)14-7-12(28-26-14)9-25-16(22-3)23-4-5-27-15-13(18)6-11(8-24-15)17(19,20)21;/h6-8,10H,4-5,9H2,1-3H3,(H2,22,23,25);1H. The number of nitrogens with one attached hydrogen (secondary N) is 2. The molecule has 2 aromatic heterocycles. The van der Waals surface area contributed by atoms with Crippen molar-refractivity contribution < 1.29 is 22.4 Å². The molecule has 0 aliphatic carbocycles. The molecule has 0 amide bonds. The monoisotopic (exact) mass is 547 g/mol. The first-order valence-electron chi connectivity index (χ1n) is 8.46. The van der Waals surface area contributed by atoms with E-state index in [-0.39, 0.29) is 47.4 Å². The summed E-state index contributed by atoms with van der Waals surface area (Å²) in [5, 5.41) is 9.82. The molecule has 12 heteroatoms. The molecule has 0 radical (unpaired) electrons. The third-order valence-electron chi connectivity index (χ3n) is 3.59. The van der Waals surface area contributed by atoms with Gasteiger partial charge in [-0.25, -0.2) is 4.98 Å². The summed E-state index contributed by atoms with van der Waals surface area (Å²) in [4.78, 5) is 7.66. The van der Waals surface area contributed by atoms with Crippen LogP contribution in [0.25, 0.3) is 0 Å². The number of hydrogen-bond donors (Lipinski definition) is 2. The molecule has 0 spiro atoms. The van der Waals surface area contributed by atoms with E-state index in [4.69, 9.17) is 20.9 Å². The Morgan fingerprint density at radius 2 is 2.03 bits per heavy atom. The van der Waals surface area contributed by atoms with Crippen molar-refractivity contribution in [1.82, 2.24) is 20.8 Å². The van der Waals surface area contributed by atoms with Crippen molar-refractivity contribution in [2.45, 2.75) is 32.5 Å². The van der Waals surface area contributed by atoms with Gasteiger partial charge in [0.1, 0.15) is 11.6 Å². The Kier molecular flexibility index (Phi) is 9.96. The van der Waals surface area contributed by atoms with Crippen LogP contribution in [0.4, 0.5) is 13.2 Å². The minimum absolute atomic E-state index is 0. The second-order valence-corrected chi connectivity index (χ2v) is 6.49. The third kappa shape index (κ3) is 7.88. The molecule has 0 unspecified atom stereocenters. The second kappa shape index (κ2) is 11.4. The molecule has 29 heavy (non-hydrogen) atoms. The van der Waals surface area contributed by atoms with E-state index >= 15 is 0 Å². The van der Waals surface area contributed by atoms with Gasteiger partial charge in [0.05, 0.1) is 24.3 Å². The van der Waals surface area contributed by atoms with Gasteiger partial charge in [-0.2, -0.15) is 13.2 Å². The summed E-state index contributed by atoms with van der Waals surface area (Å²) in [5.41, 5.74) is -0.0605. The molecule has 0 atom stereocenters. The van der Waals surface area contributed by atoms with Gasteiger partial charge >= 0.3 is 6.18 Å².